The number of hydrogen-bond acceptors (Lipinski definition) is 5. The predicted octanol–water partition coefficient (Wildman–Crippen LogP) is 0.261. The average molecular weight is 370 g/mol. The van der Waals surface area contributed by atoms with Crippen molar-refractivity contribution in [3.8, 4) is 0 Å². The number of hydrogen-bond donors (Lipinski definition) is 3. The molecule has 1 heterocycles. The van der Waals surface area contributed by atoms with E-state index in [1.54, 1.807) is 12.1 Å². The van der Waals surface area contributed by atoms with Crippen molar-refractivity contribution in [3.63, 3.8) is 0 Å². The van der Waals surface area contributed by atoms with Crippen LogP contribution in [0.3, 0.4) is 0 Å². The van der Waals surface area contributed by atoms with E-state index < -0.39 is 18.0 Å². The number of nitrogens with two attached hydrogens (primary N) is 2. The van der Waals surface area contributed by atoms with Gasteiger partial charge in [-0.3, -0.25) is 10.6 Å². The number of cyclic esters (lactones) is 1. The van der Waals surface area contributed by atoms with E-state index in [4.69, 9.17) is 33.2 Å². The maximum absolute atomic E-state index is 14.4. The number of methoxy groups -OCH3 is 1. The molecule has 1 fully saturated rings. The van der Waals surface area contributed by atoms with E-state index in [0.29, 0.717) is 25.3 Å². The number of carbonyl (C=O) groups is 1. The highest BCUT2D eigenvalue weighted by Gasteiger charge is 2.33. The molecular weight excluding hydrogens is 349 g/mol. The summed E-state index contributed by atoms with van der Waals surface area (Å²) >= 11 is 4.87. The summed E-state index contributed by atoms with van der Waals surface area (Å²) in [6, 6.07) is 4.43. The fourth-order valence-electron chi connectivity index (χ4n) is 2.42. The van der Waals surface area contributed by atoms with E-state index in [-0.39, 0.29) is 17.4 Å². The Kier molecular flexibility index (Phi) is 6.48. The van der Waals surface area contributed by atoms with Crippen molar-refractivity contribution in [3.05, 3.63) is 24.0 Å². The van der Waals surface area contributed by atoms with Gasteiger partial charge in [-0.25, -0.2) is 13.8 Å². The van der Waals surface area contributed by atoms with Crippen LogP contribution in [0.25, 0.3) is 0 Å². The largest absolute Gasteiger partial charge is 0.474 e. The molecule has 1 saturated heterocycles. The van der Waals surface area contributed by atoms with Gasteiger partial charge >= 0.3 is 6.09 Å². The minimum atomic E-state index is -0.550. The van der Waals surface area contributed by atoms with Crippen LogP contribution < -0.4 is 21.7 Å². The molecule has 1 atom stereocenters. The molecule has 0 aromatic heterocycles. The van der Waals surface area contributed by atoms with E-state index in [9.17, 15) is 9.18 Å². The van der Waals surface area contributed by atoms with Crippen LogP contribution in [-0.4, -0.2) is 61.6 Å². The molecule has 136 valence electrons. The minimum absolute atomic E-state index is 0.211. The zero-order chi connectivity index (χ0) is 18.4. The number of halogens is 1. The molecule has 5 N–H and O–H groups in total. The van der Waals surface area contributed by atoms with Crippen molar-refractivity contribution in [1.82, 2.24) is 5.32 Å². The summed E-state index contributed by atoms with van der Waals surface area (Å²) < 4.78 is 26.0. The van der Waals surface area contributed by atoms with Crippen LogP contribution in [0.4, 0.5) is 20.6 Å². The molecule has 1 aliphatic rings. The Morgan fingerprint density at radius 3 is 3.00 bits per heavy atom. The van der Waals surface area contributed by atoms with Crippen molar-refractivity contribution in [1.29, 1.82) is 0 Å². The summed E-state index contributed by atoms with van der Waals surface area (Å²) in [5.74, 6) is -0.511. The van der Waals surface area contributed by atoms with Crippen LogP contribution in [0.2, 0.25) is 0 Å². The van der Waals surface area contributed by atoms with Crippen molar-refractivity contribution in [2.24, 2.45) is 11.5 Å². The molecule has 1 aliphatic heterocycles. The lowest BCUT2D eigenvalue weighted by Gasteiger charge is -2.14. The van der Waals surface area contributed by atoms with Gasteiger partial charge in [-0.1, -0.05) is 0 Å². The second-order valence-electron chi connectivity index (χ2n) is 5.26. The zero-order valence-corrected chi connectivity index (χ0v) is 14.6. The SMILES string of the molecule is COC(=S)NC[C@H]1CN(c2ccc([N+](=CN)CCN)c(F)c2)C(=O)O1. The summed E-state index contributed by atoms with van der Waals surface area (Å²) in [5, 5.41) is 3.03. The minimum Gasteiger partial charge on any atom is -0.474 e. The quantitative estimate of drug-likeness (QED) is 0.285. The number of thiocarbonyl (C=S) groups is 1. The summed E-state index contributed by atoms with van der Waals surface area (Å²) in [5.41, 5.74) is 11.7. The van der Waals surface area contributed by atoms with E-state index in [0.717, 1.165) is 0 Å². The number of amides is 1. The standard InChI is InChI=1S/C15H20FN5O3S/c1-23-14(25)19-7-11-8-21(15(22)24-11)10-2-3-13(12(16)6-10)20(9-18)5-4-17/h2-3,6,9,11,18H,4-5,7-8,17H2,1H3,(H,19,25)/p+1/t11-/m0/s1. The van der Waals surface area contributed by atoms with Crippen LogP contribution >= 0.6 is 12.2 Å². The Labute approximate surface area is 150 Å². The maximum atomic E-state index is 14.4. The average Bonchev–Trinajstić information content (AvgIpc) is 2.98. The van der Waals surface area contributed by atoms with Gasteiger partial charge in [0.05, 0.1) is 25.9 Å². The van der Waals surface area contributed by atoms with Crippen LogP contribution in [-0.2, 0) is 9.47 Å². The third-order valence-corrected chi connectivity index (χ3v) is 3.95. The summed E-state index contributed by atoms with van der Waals surface area (Å²) in [6.07, 6.45) is 0.288. The molecule has 0 saturated carbocycles. The van der Waals surface area contributed by atoms with Crippen molar-refractivity contribution in [2.75, 3.05) is 38.2 Å². The number of nitrogens with one attached hydrogen (secondary N) is 1. The number of benzene rings is 1. The molecular formula is C15H21FN5O3S+. The number of rotatable bonds is 6. The van der Waals surface area contributed by atoms with E-state index in [1.807, 2.05) is 0 Å². The lowest BCUT2D eigenvalue weighted by Crippen LogP contribution is -2.34. The molecule has 0 unspecified atom stereocenters. The predicted molar refractivity (Wildman–Crippen MR) is 95.7 cm³/mol. The maximum Gasteiger partial charge on any atom is 0.414 e. The highest BCUT2D eigenvalue weighted by molar-refractivity contribution is 7.80. The molecule has 25 heavy (non-hydrogen) atoms. The van der Waals surface area contributed by atoms with Crippen LogP contribution in [0.5, 0.6) is 0 Å². The molecule has 0 spiro atoms. The fourth-order valence-corrected chi connectivity index (χ4v) is 2.50. The lowest BCUT2D eigenvalue weighted by molar-refractivity contribution is -0.435. The van der Waals surface area contributed by atoms with E-state index in [1.165, 1.54) is 29.0 Å². The van der Waals surface area contributed by atoms with Gasteiger partial charge in [0.25, 0.3) is 5.17 Å². The summed E-state index contributed by atoms with van der Waals surface area (Å²) in [4.78, 5) is 13.4. The second kappa shape index (κ2) is 8.58. The number of ether oxygens (including phenoxy) is 2. The van der Waals surface area contributed by atoms with Gasteiger partial charge in [0.2, 0.25) is 6.34 Å². The van der Waals surface area contributed by atoms with Gasteiger partial charge in [0, 0.05) is 12.6 Å². The van der Waals surface area contributed by atoms with Crippen LogP contribution in [0, 0.1) is 5.82 Å². The first-order chi connectivity index (χ1) is 12.0. The Morgan fingerprint density at radius 1 is 1.64 bits per heavy atom. The van der Waals surface area contributed by atoms with Crippen molar-refractivity contribution in [2.45, 2.75) is 6.10 Å². The number of anilines is 1. The molecule has 1 aromatic carbocycles. The smallest absolute Gasteiger partial charge is 0.414 e. The van der Waals surface area contributed by atoms with Crippen molar-refractivity contribution < 1.29 is 23.2 Å². The Morgan fingerprint density at radius 2 is 2.40 bits per heavy atom. The third kappa shape index (κ3) is 4.54. The third-order valence-electron chi connectivity index (χ3n) is 3.64. The monoisotopic (exact) mass is 370 g/mol. The first-order valence-corrected chi connectivity index (χ1v) is 8.02. The van der Waals surface area contributed by atoms with Gasteiger partial charge in [0.1, 0.15) is 12.6 Å². The second-order valence-corrected chi connectivity index (χ2v) is 5.63. The van der Waals surface area contributed by atoms with Crippen LogP contribution in [0.15, 0.2) is 18.2 Å². The Balaban J connectivity index is 2.10. The molecule has 0 radical (unpaired) electrons. The molecule has 0 bridgehead atoms. The molecule has 10 heteroatoms. The van der Waals surface area contributed by atoms with E-state index >= 15 is 0 Å². The van der Waals surface area contributed by atoms with Gasteiger partial charge in [-0.15, -0.1) is 0 Å². The zero-order valence-electron chi connectivity index (χ0n) is 13.8. The summed E-state index contributed by atoms with van der Waals surface area (Å²) in [7, 11) is 1.44. The molecule has 1 amide bonds. The molecule has 8 nitrogen and oxygen atoms in total. The van der Waals surface area contributed by atoms with Crippen LogP contribution in [0.1, 0.15) is 0 Å². The van der Waals surface area contributed by atoms with Crippen molar-refractivity contribution >= 4 is 41.2 Å². The van der Waals surface area contributed by atoms with Gasteiger partial charge in [0.15, 0.2) is 11.5 Å². The van der Waals surface area contributed by atoms with Gasteiger partial charge in [-0.2, -0.15) is 0 Å². The molecule has 1 aromatic rings. The number of carbonyl (C=O) groups excluding carboxylic acids is 1. The summed E-state index contributed by atoms with van der Waals surface area (Å²) in [6.45, 7) is 1.28. The lowest BCUT2D eigenvalue weighted by atomic mass is 10.2. The topological polar surface area (TPSA) is 106 Å². The first kappa shape index (κ1) is 18.9. The highest BCUT2D eigenvalue weighted by atomic mass is 32.1. The van der Waals surface area contributed by atoms with Gasteiger partial charge in [-0.05, 0) is 24.4 Å². The molecule has 2 rings (SSSR count). The highest BCUT2D eigenvalue weighted by Crippen LogP contribution is 2.27. The fraction of sp³-hybridized carbons (Fsp3) is 0.400. The number of nitrogens with zero attached hydrogens (tertiary/aromatic N) is 2. The molecule has 0 aliphatic carbocycles. The van der Waals surface area contributed by atoms with E-state index in [2.05, 4.69) is 5.32 Å². The van der Waals surface area contributed by atoms with Gasteiger partial charge < -0.3 is 20.5 Å². The Hall–Kier alpha value is -2.46. The first-order valence-electron chi connectivity index (χ1n) is 7.61. The normalized spacial score (nSPS) is 17.4. The Bertz CT molecular complexity index is 685.